The van der Waals surface area contributed by atoms with Crippen molar-refractivity contribution in [2.75, 3.05) is 0 Å². The molecule has 3 heteroatoms. The largest absolute Gasteiger partial charge is 0.310 e. The molecular weight excluding hydrogens is 233 g/mol. The van der Waals surface area contributed by atoms with Gasteiger partial charge in [-0.3, -0.25) is 0 Å². The van der Waals surface area contributed by atoms with Gasteiger partial charge in [-0.05, 0) is 30.9 Å². The fourth-order valence-corrected chi connectivity index (χ4v) is 2.69. The topological polar surface area (TPSA) is 12.0 Å². The Hall–Kier alpha value is -0.540. The van der Waals surface area contributed by atoms with Crippen LogP contribution in [0.4, 0.5) is 4.39 Å². The lowest BCUT2D eigenvalue weighted by atomic mass is 10.2. The predicted molar refractivity (Wildman–Crippen MR) is 71.9 cm³/mol. The Kier molecular flexibility index (Phi) is 4.46. The first-order valence-corrected chi connectivity index (χ1v) is 7.26. The van der Waals surface area contributed by atoms with Crippen molar-refractivity contribution in [3.63, 3.8) is 0 Å². The maximum absolute atomic E-state index is 13.8. The van der Waals surface area contributed by atoms with E-state index in [1.54, 1.807) is 23.9 Å². The average molecular weight is 253 g/mol. The Balaban J connectivity index is 2.08. The van der Waals surface area contributed by atoms with Crippen molar-refractivity contribution in [2.45, 2.75) is 55.8 Å². The monoisotopic (exact) mass is 253 g/mol. The molecule has 1 nitrogen and oxygen atoms in total. The highest BCUT2D eigenvalue weighted by Gasteiger charge is 2.21. The summed E-state index contributed by atoms with van der Waals surface area (Å²) in [6, 6.07) is 6.06. The minimum absolute atomic E-state index is 0.0783. The Morgan fingerprint density at radius 2 is 2.24 bits per heavy atom. The Morgan fingerprint density at radius 3 is 2.88 bits per heavy atom. The molecule has 0 aromatic heterocycles. The van der Waals surface area contributed by atoms with Gasteiger partial charge in [0.2, 0.25) is 0 Å². The molecule has 0 aliphatic heterocycles. The normalized spacial score (nSPS) is 17.1. The van der Waals surface area contributed by atoms with E-state index in [2.05, 4.69) is 19.2 Å². The van der Waals surface area contributed by atoms with Crippen LogP contribution in [0.15, 0.2) is 23.1 Å². The molecule has 0 heterocycles. The van der Waals surface area contributed by atoms with Gasteiger partial charge in [-0.1, -0.05) is 26.0 Å². The van der Waals surface area contributed by atoms with Crippen molar-refractivity contribution in [1.82, 2.24) is 5.32 Å². The summed E-state index contributed by atoms with van der Waals surface area (Å²) >= 11 is 1.65. The van der Waals surface area contributed by atoms with Crippen LogP contribution in [0.1, 0.15) is 38.7 Å². The van der Waals surface area contributed by atoms with Crippen molar-refractivity contribution in [1.29, 1.82) is 0 Å². The lowest BCUT2D eigenvalue weighted by Crippen LogP contribution is -2.16. The molecule has 1 N–H and O–H groups in total. The number of hydrogen-bond acceptors (Lipinski definition) is 2. The van der Waals surface area contributed by atoms with Crippen molar-refractivity contribution in [2.24, 2.45) is 0 Å². The minimum Gasteiger partial charge on any atom is -0.310 e. The second kappa shape index (κ2) is 5.87. The van der Waals surface area contributed by atoms with Crippen LogP contribution in [0.3, 0.4) is 0 Å². The first-order chi connectivity index (χ1) is 8.20. The Labute approximate surface area is 107 Å². The highest BCUT2D eigenvalue weighted by molar-refractivity contribution is 8.00. The molecule has 1 unspecified atom stereocenters. The number of halogens is 1. The van der Waals surface area contributed by atoms with Gasteiger partial charge >= 0.3 is 0 Å². The summed E-state index contributed by atoms with van der Waals surface area (Å²) < 4.78 is 13.8. The highest BCUT2D eigenvalue weighted by Crippen LogP contribution is 2.31. The summed E-state index contributed by atoms with van der Waals surface area (Å²) in [7, 11) is 0. The van der Waals surface area contributed by atoms with Gasteiger partial charge in [0.05, 0.1) is 0 Å². The van der Waals surface area contributed by atoms with E-state index in [0.717, 1.165) is 23.4 Å². The van der Waals surface area contributed by atoms with E-state index in [1.165, 1.54) is 12.8 Å². The maximum atomic E-state index is 13.8. The van der Waals surface area contributed by atoms with E-state index in [0.29, 0.717) is 11.3 Å². The van der Waals surface area contributed by atoms with Crippen LogP contribution in [0.5, 0.6) is 0 Å². The standard InChI is InChI=1S/C14H20FNS/c1-3-10(2)17-14-11(5-4-6-13(14)15)9-16-12-7-8-12/h4-6,10,12,16H,3,7-9H2,1-2H3. The van der Waals surface area contributed by atoms with Gasteiger partial charge in [0.1, 0.15) is 5.82 Å². The Bertz CT molecular complexity index is 376. The zero-order chi connectivity index (χ0) is 12.3. The number of benzene rings is 1. The molecule has 0 amide bonds. The van der Waals surface area contributed by atoms with E-state index < -0.39 is 0 Å². The van der Waals surface area contributed by atoms with Crippen LogP contribution >= 0.6 is 11.8 Å². The van der Waals surface area contributed by atoms with E-state index in [4.69, 9.17) is 0 Å². The fourth-order valence-electron chi connectivity index (χ4n) is 1.65. The highest BCUT2D eigenvalue weighted by atomic mass is 32.2. The third kappa shape index (κ3) is 3.71. The van der Waals surface area contributed by atoms with Crippen molar-refractivity contribution in [3.05, 3.63) is 29.6 Å². The van der Waals surface area contributed by atoms with Crippen LogP contribution in [-0.4, -0.2) is 11.3 Å². The first-order valence-electron chi connectivity index (χ1n) is 6.38. The second-order valence-corrected chi connectivity index (χ2v) is 6.17. The maximum Gasteiger partial charge on any atom is 0.137 e. The molecule has 0 saturated heterocycles. The molecular formula is C14H20FNS. The molecule has 0 radical (unpaired) electrons. The van der Waals surface area contributed by atoms with Gasteiger partial charge in [0.25, 0.3) is 0 Å². The van der Waals surface area contributed by atoms with E-state index in [1.807, 2.05) is 6.07 Å². The van der Waals surface area contributed by atoms with Crippen molar-refractivity contribution in [3.8, 4) is 0 Å². The molecule has 1 saturated carbocycles. The molecule has 2 rings (SSSR count). The quantitative estimate of drug-likeness (QED) is 0.770. The van der Waals surface area contributed by atoms with E-state index in [-0.39, 0.29) is 5.82 Å². The number of nitrogens with one attached hydrogen (secondary N) is 1. The van der Waals surface area contributed by atoms with Crippen molar-refractivity contribution >= 4 is 11.8 Å². The van der Waals surface area contributed by atoms with Gasteiger partial charge in [-0.2, -0.15) is 0 Å². The van der Waals surface area contributed by atoms with Gasteiger partial charge in [0.15, 0.2) is 0 Å². The number of hydrogen-bond donors (Lipinski definition) is 1. The van der Waals surface area contributed by atoms with Gasteiger partial charge in [0, 0.05) is 22.7 Å². The lowest BCUT2D eigenvalue weighted by molar-refractivity contribution is 0.588. The molecule has 94 valence electrons. The first kappa shape index (κ1) is 12.9. The minimum atomic E-state index is -0.0783. The van der Waals surface area contributed by atoms with Crippen LogP contribution in [0, 0.1) is 5.82 Å². The molecule has 1 aliphatic carbocycles. The summed E-state index contributed by atoms with van der Waals surface area (Å²) in [6.07, 6.45) is 3.60. The molecule has 1 fully saturated rings. The average Bonchev–Trinajstić information content (AvgIpc) is 3.13. The van der Waals surface area contributed by atoms with Crippen LogP contribution in [-0.2, 0) is 6.54 Å². The molecule has 1 atom stereocenters. The van der Waals surface area contributed by atoms with Crippen LogP contribution in [0.25, 0.3) is 0 Å². The lowest BCUT2D eigenvalue weighted by Gasteiger charge is -2.14. The van der Waals surface area contributed by atoms with Gasteiger partial charge in [-0.15, -0.1) is 11.8 Å². The summed E-state index contributed by atoms with van der Waals surface area (Å²) in [5, 5.41) is 3.92. The smallest absolute Gasteiger partial charge is 0.137 e. The van der Waals surface area contributed by atoms with E-state index in [9.17, 15) is 4.39 Å². The summed E-state index contributed by atoms with van der Waals surface area (Å²) in [6.45, 7) is 5.08. The van der Waals surface area contributed by atoms with Gasteiger partial charge < -0.3 is 5.32 Å². The van der Waals surface area contributed by atoms with Crippen LogP contribution in [0.2, 0.25) is 0 Å². The molecule has 0 spiro atoms. The zero-order valence-electron chi connectivity index (χ0n) is 10.5. The third-order valence-electron chi connectivity index (χ3n) is 3.10. The zero-order valence-corrected chi connectivity index (χ0v) is 11.3. The summed E-state index contributed by atoms with van der Waals surface area (Å²) in [5.74, 6) is -0.0783. The van der Waals surface area contributed by atoms with Crippen LogP contribution < -0.4 is 5.32 Å². The third-order valence-corrected chi connectivity index (χ3v) is 4.53. The predicted octanol–water partition coefficient (Wildman–Crippen LogP) is 3.97. The number of rotatable bonds is 6. The molecule has 1 aromatic rings. The van der Waals surface area contributed by atoms with Crippen molar-refractivity contribution < 1.29 is 4.39 Å². The molecule has 1 aromatic carbocycles. The second-order valence-electron chi connectivity index (χ2n) is 4.72. The summed E-state index contributed by atoms with van der Waals surface area (Å²) in [5.41, 5.74) is 1.10. The summed E-state index contributed by atoms with van der Waals surface area (Å²) in [4.78, 5) is 0.829. The fraction of sp³-hybridized carbons (Fsp3) is 0.571. The van der Waals surface area contributed by atoms with Gasteiger partial charge in [-0.25, -0.2) is 4.39 Å². The number of thioether (sulfide) groups is 1. The molecule has 0 bridgehead atoms. The molecule has 17 heavy (non-hydrogen) atoms. The SMILES string of the molecule is CCC(C)Sc1c(F)cccc1CNC1CC1. The Morgan fingerprint density at radius 1 is 1.47 bits per heavy atom. The molecule has 1 aliphatic rings. The van der Waals surface area contributed by atoms with E-state index >= 15 is 0 Å².